The highest BCUT2D eigenvalue weighted by molar-refractivity contribution is 5.42. The Morgan fingerprint density at radius 3 is 3.18 bits per heavy atom. The summed E-state index contributed by atoms with van der Waals surface area (Å²) in [6.07, 6.45) is 3.21. The summed E-state index contributed by atoms with van der Waals surface area (Å²) in [5.74, 6) is 1.02. The minimum atomic E-state index is 0.0553. The van der Waals surface area contributed by atoms with Gasteiger partial charge in [0, 0.05) is 25.3 Å². The summed E-state index contributed by atoms with van der Waals surface area (Å²) in [5.41, 5.74) is 7.03. The smallest absolute Gasteiger partial charge is 0.128 e. The van der Waals surface area contributed by atoms with E-state index in [9.17, 15) is 0 Å². The maximum absolute atomic E-state index is 5.89. The Hall–Kier alpha value is -1.13. The molecule has 1 aromatic rings. The zero-order valence-corrected chi connectivity index (χ0v) is 10.6. The monoisotopic (exact) mass is 235 g/mol. The average Bonchev–Trinajstić information content (AvgIpc) is 2.39. The van der Waals surface area contributed by atoms with E-state index in [1.807, 2.05) is 19.2 Å². The Bertz CT molecular complexity index is 367. The Labute approximate surface area is 103 Å². The molecule has 0 saturated carbocycles. The number of hydrogen-bond acceptors (Lipinski definition) is 4. The molecule has 2 N–H and O–H groups in total. The highest BCUT2D eigenvalue weighted by Gasteiger charge is 2.20. The second kappa shape index (κ2) is 5.47. The van der Waals surface area contributed by atoms with Gasteiger partial charge >= 0.3 is 0 Å². The van der Waals surface area contributed by atoms with E-state index in [2.05, 4.69) is 22.9 Å². The minimum Gasteiger partial charge on any atom is -0.375 e. The molecular formula is C13H21N3O. The summed E-state index contributed by atoms with van der Waals surface area (Å²) in [6, 6.07) is 4.12. The van der Waals surface area contributed by atoms with E-state index in [0.29, 0.717) is 6.10 Å². The van der Waals surface area contributed by atoms with Gasteiger partial charge in [-0.05, 0) is 31.0 Å². The molecule has 4 nitrogen and oxygen atoms in total. The molecule has 2 atom stereocenters. The van der Waals surface area contributed by atoms with Crippen LogP contribution in [-0.2, 0) is 4.74 Å². The van der Waals surface area contributed by atoms with Gasteiger partial charge in [-0.15, -0.1) is 0 Å². The summed E-state index contributed by atoms with van der Waals surface area (Å²) in [7, 11) is 0. The Kier molecular flexibility index (Phi) is 3.97. The summed E-state index contributed by atoms with van der Waals surface area (Å²) in [6.45, 7) is 6.76. The van der Waals surface area contributed by atoms with Crippen molar-refractivity contribution in [3.8, 4) is 0 Å². The molecule has 17 heavy (non-hydrogen) atoms. The molecule has 4 heteroatoms. The molecule has 0 radical (unpaired) electrons. The maximum Gasteiger partial charge on any atom is 0.128 e. The third-order valence-electron chi connectivity index (χ3n) is 3.21. The molecule has 2 rings (SSSR count). The first kappa shape index (κ1) is 12.3. The van der Waals surface area contributed by atoms with Crippen LogP contribution in [0.5, 0.6) is 0 Å². The molecule has 0 aromatic carbocycles. The molecule has 0 spiro atoms. The quantitative estimate of drug-likeness (QED) is 0.866. The summed E-state index contributed by atoms with van der Waals surface area (Å²) < 4.78 is 5.66. The second-order valence-electron chi connectivity index (χ2n) is 4.58. The van der Waals surface area contributed by atoms with E-state index in [4.69, 9.17) is 10.5 Å². The largest absolute Gasteiger partial charge is 0.375 e. The van der Waals surface area contributed by atoms with Gasteiger partial charge in [0.25, 0.3) is 0 Å². The molecule has 1 fully saturated rings. The lowest BCUT2D eigenvalue weighted by Crippen LogP contribution is -2.42. The molecule has 0 aliphatic carbocycles. The van der Waals surface area contributed by atoms with Crippen molar-refractivity contribution in [2.45, 2.75) is 32.4 Å². The molecule has 1 aliphatic rings. The zero-order valence-electron chi connectivity index (χ0n) is 10.6. The van der Waals surface area contributed by atoms with Gasteiger partial charge in [0.15, 0.2) is 0 Å². The van der Waals surface area contributed by atoms with Crippen molar-refractivity contribution in [3.63, 3.8) is 0 Å². The summed E-state index contributed by atoms with van der Waals surface area (Å²) in [5, 5.41) is 0. The first-order valence-corrected chi connectivity index (χ1v) is 6.28. The molecule has 1 aliphatic heterocycles. The van der Waals surface area contributed by atoms with Crippen molar-refractivity contribution in [1.29, 1.82) is 0 Å². The topological polar surface area (TPSA) is 51.4 Å². The lowest BCUT2D eigenvalue weighted by molar-refractivity contribution is 0.0381. The van der Waals surface area contributed by atoms with Gasteiger partial charge in [0.2, 0.25) is 0 Å². The van der Waals surface area contributed by atoms with E-state index in [0.717, 1.165) is 37.5 Å². The van der Waals surface area contributed by atoms with E-state index in [-0.39, 0.29) is 6.04 Å². The van der Waals surface area contributed by atoms with Crippen molar-refractivity contribution < 1.29 is 4.74 Å². The minimum absolute atomic E-state index is 0.0553. The van der Waals surface area contributed by atoms with E-state index >= 15 is 0 Å². The number of pyridine rings is 1. The van der Waals surface area contributed by atoms with Gasteiger partial charge in [0.1, 0.15) is 5.82 Å². The molecule has 2 heterocycles. The van der Waals surface area contributed by atoms with Crippen LogP contribution in [0.3, 0.4) is 0 Å². The SMILES string of the molecule is CCC1CN(c2cc([C@H](C)N)ccn2)CCO1. The van der Waals surface area contributed by atoms with E-state index in [1.54, 1.807) is 0 Å². The predicted molar refractivity (Wildman–Crippen MR) is 69.1 cm³/mol. The number of hydrogen-bond donors (Lipinski definition) is 1. The van der Waals surface area contributed by atoms with Crippen molar-refractivity contribution >= 4 is 5.82 Å². The molecule has 0 amide bonds. The van der Waals surface area contributed by atoms with E-state index < -0.39 is 0 Å². The van der Waals surface area contributed by atoms with Crippen LogP contribution in [0, 0.1) is 0 Å². The second-order valence-corrected chi connectivity index (χ2v) is 4.58. The first-order chi connectivity index (χ1) is 8.20. The molecule has 1 aromatic heterocycles. The van der Waals surface area contributed by atoms with Gasteiger partial charge in [-0.1, -0.05) is 6.92 Å². The zero-order chi connectivity index (χ0) is 12.3. The number of anilines is 1. The van der Waals surface area contributed by atoms with Crippen molar-refractivity contribution in [3.05, 3.63) is 23.9 Å². The van der Waals surface area contributed by atoms with Crippen LogP contribution in [-0.4, -0.2) is 30.8 Å². The van der Waals surface area contributed by atoms with Crippen LogP contribution >= 0.6 is 0 Å². The van der Waals surface area contributed by atoms with Gasteiger partial charge in [-0.2, -0.15) is 0 Å². The highest BCUT2D eigenvalue weighted by atomic mass is 16.5. The number of morpholine rings is 1. The van der Waals surface area contributed by atoms with Crippen LogP contribution in [0.1, 0.15) is 31.9 Å². The van der Waals surface area contributed by atoms with Gasteiger partial charge in [-0.25, -0.2) is 4.98 Å². The fourth-order valence-corrected chi connectivity index (χ4v) is 2.06. The molecule has 1 saturated heterocycles. The fourth-order valence-electron chi connectivity index (χ4n) is 2.06. The van der Waals surface area contributed by atoms with Gasteiger partial charge < -0.3 is 15.4 Å². The first-order valence-electron chi connectivity index (χ1n) is 6.28. The lowest BCUT2D eigenvalue weighted by Gasteiger charge is -2.33. The normalized spacial score (nSPS) is 22.5. The Morgan fingerprint density at radius 2 is 2.47 bits per heavy atom. The van der Waals surface area contributed by atoms with Gasteiger partial charge in [0.05, 0.1) is 12.7 Å². The number of aromatic nitrogens is 1. The third-order valence-corrected chi connectivity index (χ3v) is 3.21. The molecule has 1 unspecified atom stereocenters. The Morgan fingerprint density at radius 1 is 1.65 bits per heavy atom. The number of rotatable bonds is 3. The fraction of sp³-hybridized carbons (Fsp3) is 0.615. The molecular weight excluding hydrogens is 214 g/mol. The van der Waals surface area contributed by atoms with Crippen LogP contribution in [0.15, 0.2) is 18.3 Å². The average molecular weight is 235 g/mol. The van der Waals surface area contributed by atoms with Crippen LogP contribution in [0.4, 0.5) is 5.82 Å². The highest BCUT2D eigenvalue weighted by Crippen LogP contribution is 2.19. The van der Waals surface area contributed by atoms with E-state index in [1.165, 1.54) is 0 Å². The summed E-state index contributed by atoms with van der Waals surface area (Å²) in [4.78, 5) is 6.71. The lowest BCUT2D eigenvalue weighted by atomic mass is 10.1. The van der Waals surface area contributed by atoms with Crippen molar-refractivity contribution in [2.75, 3.05) is 24.6 Å². The number of ether oxygens (including phenoxy) is 1. The van der Waals surface area contributed by atoms with Crippen LogP contribution in [0.25, 0.3) is 0 Å². The summed E-state index contributed by atoms with van der Waals surface area (Å²) >= 11 is 0. The standard InChI is InChI=1S/C13H21N3O/c1-3-12-9-16(6-7-17-12)13-8-11(10(2)14)4-5-15-13/h4-5,8,10,12H,3,6-7,9,14H2,1-2H3/t10-,12?/m0/s1. The third kappa shape index (κ3) is 2.96. The number of nitrogens with zero attached hydrogens (tertiary/aromatic N) is 2. The van der Waals surface area contributed by atoms with Crippen LogP contribution < -0.4 is 10.6 Å². The molecule has 0 bridgehead atoms. The predicted octanol–water partition coefficient (Wildman–Crippen LogP) is 1.72. The maximum atomic E-state index is 5.89. The van der Waals surface area contributed by atoms with Crippen molar-refractivity contribution in [1.82, 2.24) is 4.98 Å². The van der Waals surface area contributed by atoms with Gasteiger partial charge in [-0.3, -0.25) is 0 Å². The van der Waals surface area contributed by atoms with Crippen molar-refractivity contribution in [2.24, 2.45) is 5.73 Å². The number of nitrogens with two attached hydrogens (primary N) is 1. The molecule has 94 valence electrons. The Balaban J connectivity index is 2.13. The van der Waals surface area contributed by atoms with Crippen LogP contribution in [0.2, 0.25) is 0 Å².